The van der Waals surface area contributed by atoms with E-state index < -0.39 is 64.4 Å². The number of aromatic hydroxyl groups is 1. The van der Waals surface area contributed by atoms with Gasteiger partial charge in [-0.1, -0.05) is 18.2 Å². The van der Waals surface area contributed by atoms with E-state index in [4.69, 9.17) is 5.73 Å². The van der Waals surface area contributed by atoms with Gasteiger partial charge in [-0.2, -0.15) is 0 Å². The van der Waals surface area contributed by atoms with Crippen molar-refractivity contribution in [2.24, 2.45) is 29.4 Å². The highest BCUT2D eigenvalue weighted by Crippen LogP contribution is 2.51. The van der Waals surface area contributed by atoms with Gasteiger partial charge in [-0.15, -0.1) is 0 Å². The number of halogens is 1. The largest absolute Gasteiger partial charge is 0.507 e. The summed E-state index contributed by atoms with van der Waals surface area (Å²) >= 11 is 2.19. The average Bonchev–Trinajstić information content (AvgIpc) is 2.82. The summed E-state index contributed by atoms with van der Waals surface area (Å²) in [6.07, 6.45) is 0.243. The van der Waals surface area contributed by atoms with Gasteiger partial charge in [0.05, 0.1) is 17.5 Å². The lowest BCUT2D eigenvalue weighted by molar-refractivity contribution is -0.181. The third kappa shape index (κ3) is 3.60. The number of nitrogens with zero attached hydrogens (tertiary/aromatic N) is 1. The molecule has 2 aromatic carbocycles. The number of likely N-dealkylation sites (N-methyl/N-ethyl adjacent to an activating group) is 1. The number of ketones is 4. The van der Waals surface area contributed by atoms with Gasteiger partial charge in [-0.3, -0.25) is 28.9 Å². The third-order valence-corrected chi connectivity index (χ3v) is 8.82. The van der Waals surface area contributed by atoms with Crippen LogP contribution in [-0.2, 0) is 25.6 Å². The monoisotopic (exact) mass is 616 g/mol. The highest BCUT2D eigenvalue weighted by atomic mass is 127. The molecule has 0 saturated heterocycles. The molecule has 2 aromatic rings. The summed E-state index contributed by atoms with van der Waals surface area (Å²) in [7, 11) is 3.11. The molecule has 10 heteroatoms. The molecule has 1 amide bonds. The van der Waals surface area contributed by atoms with Crippen LogP contribution < -0.4 is 5.73 Å². The molecule has 2 fully saturated rings. The van der Waals surface area contributed by atoms with E-state index in [0.29, 0.717) is 5.56 Å². The first-order chi connectivity index (χ1) is 17.4. The summed E-state index contributed by atoms with van der Waals surface area (Å²) in [4.78, 5) is 67.6. The lowest BCUT2D eigenvalue weighted by Gasteiger charge is -2.52. The van der Waals surface area contributed by atoms with Crippen molar-refractivity contribution in [3.05, 3.63) is 51.1 Å². The number of primary amides is 1. The minimum atomic E-state index is -2.72. The molecule has 0 radical (unpaired) electrons. The van der Waals surface area contributed by atoms with Crippen LogP contribution in [-0.4, -0.2) is 69.9 Å². The second-order valence-electron chi connectivity index (χ2n) is 10.3. The molecule has 37 heavy (non-hydrogen) atoms. The molecule has 3 aliphatic rings. The Balaban J connectivity index is 1.66. The summed E-state index contributed by atoms with van der Waals surface area (Å²) < 4.78 is 1.03. The molecule has 0 bridgehead atoms. The maximum absolute atomic E-state index is 13.8. The smallest absolute Gasteiger partial charge is 0.235 e. The number of nitrogens with two attached hydrogens (primary N) is 1. The zero-order valence-electron chi connectivity index (χ0n) is 20.1. The molecule has 192 valence electrons. The summed E-state index contributed by atoms with van der Waals surface area (Å²) in [6, 6.07) is 9.64. The molecule has 2 saturated carbocycles. The number of Topliss-reactive ketones (excluding diaryl/α,β-unsaturated/α-hetero) is 4. The van der Waals surface area contributed by atoms with Gasteiger partial charge in [0.25, 0.3) is 0 Å². The number of carbonyl (C=O) groups excluding carboxylic acids is 5. The van der Waals surface area contributed by atoms with Crippen molar-refractivity contribution in [3.63, 3.8) is 0 Å². The van der Waals surface area contributed by atoms with E-state index in [1.165, 1.54) is 11.0 Å². The van der Waals surface area contributed by atoms with Crippen molar-refractivity contribution in [2.75, 3.05) is 14.1 Å². The fourth-order valence-corrected chi connectivity index (χ4v) is 6.86. The molecule has 0 aromatic heterocycles. The number of phenolic OH excluding ortho intramolecular Hbond substituents is 1. The zero-order valence-corrected chi connectivity index (χ0v) is 22.3. The van der Waals surface area contributed by atoms with Crippen LogP contribution in [0.15, 0.2) is 36.4 Å². The minimum Gasteiger partial charge on any atom is -0.507 e. The lowest BCUT2D eigenvalue weighted by atomic mass is 9.52. The van der Waals surface area contributed by atoms with E-state index in [1.54, 1.807) is 20.2 Å². The van der Waals surface area contributed by atoms with E-state index in [0.717, 1.165) is 14.7 Å². The first-order valence-corrected chi connectivity index (χ1v) is 12.9. The van der Waals surface area contributed by atoms with E-state index in [9.17, 15) is 34.2 Å². The number of hydrogen-bond donors (Lipinski definition) is 3. The van der Waals surface area contributed by atoms with Crippen molar-refractivity contribution in [3.8, 4) is 16.9 Å². The summed E-state index contributed by atoms with van der Waals surface area (Å²) in [5, 5.41) is 22.3. The Morgan fingerprint density at radius 3 is 2.30 bits per heavy atom. The van der Waals surface area contributed by atoms with Crippen molar-refractivity contribution >= 4 is 51.6 Å². The number of rotatable bonds is 3. The molecule has 0 aliphatic heterocycles. The lowest BCUT2D eigenvalue weighted by Crippen LogP contribution is -2.74. The van der Waals surface area contributed by atoms with Crippen LogP contribution in [0, 0.1) is 27.2 Å². The SMILES string of the molecule is CN(C)[C@H]1C(=O)C(C(N)=O)C(=O)[C@]2(O)C(=O)C3C(=O)c4c(O)ccc(-c5ccc(I)cc5)c4C[C@@H]3C[C@H]12. The predicted octanol–water partition coefficient (Wildman–Crippen LogP) is 1.14. The van der Waals surface area contributed by atoms with Crippen LogP contribution >= 0.6 is 22.6 Å². The summed E-state index contributed by atoms with van der Waals surface area (Å²) in [5.41, 5.74) is 4.75. The normalized spacial score (nSPS) is 31.1. The Bertz CT molecular complexity index is 1390. The summed E-state index contributed by atoms with van der Waals surface area (Å²) in [6.45, 7) is 0. The van der Waals surface area contributed by atoms with E-state index >= 15 is 0 Å². The van der Waals surface area contributed by atoms with Crippen LogP contribution in [0.25, 0.3) is 11.1 Å². The second kappa shape index (κ2) is 8.81. The van der Waals surface area contributed by atoms with Crippen LogP contribution in [0.1, 0.15) is 22.3 Å². The minimum absolute atomic E-state index is 0.0114. The summed E-state index contributed by atoms with van der Waals surface area (Å²) in [5.74, 6) is -10.5. The number of benzene rings is 2. The third-order valence-electron chi connectivity index (χ3n) is 8.10. The van der Waals surface area contributed by atoms with Gasteiger partial charge in [0.15, 0.2) is 34.7 Å². The topological polar surface area (TPSA) is 155 Å². The fourth-order valence-electron chi connectivity index (χ4n) is 6.50. The fraction of sp³-hybridized carbons (Fsp3) is 0.370. The molecular formula is C27H25IN2O7. The molecule has 6 atom stereocenters. The number of carbonyl (C=O) groups is 5. The molecule has 0 spiro atoms. The first-order valence-electron chi connectivity index (χ1n) is 11.8. The highest BCUT2D eigenvalue weighted by Gasteiger charge is 2.69. The number of hydrogen-bond acceptors (Lipinski definition) is 8. The van der Waals surface area contributed by atoms with Crippen LogP contribution in [0.4, 0.5) is 0 Å². The van der Waals surface area contributed by atoms with Gasteiger partial charge in [-0.05, 0) is 90.3 Å². The molecule has 3 aliphatic carbocycles. The highest BCUT2D eigenvalue weighted by molar-refractivity contribution is 14.1. The Hall–Kier alpha value is -2.96. The van der Waals surface area contributed by atoms with E-state index in [2.05, 4.69) is 22.6 Å². The Morgan fingerprint density at radius 1 is 1.05 bits per heavy atom. The first kappa shape index (κ1) is 25.7. The average molecular weight is 616 g/mol. The molecule has 2 unspecified atom stereocenters. The van der Waals surface area contributed by atoms with Crippen LogP contribution in [0.2, 0.25) is 0 Å². The van der Waals surface area contributed by atoms with Crippen LogP contribution in [0.5, 0.6) is 5.75 Å². The maximum Gasteiger partial charge on any atom is 0.235 e. The van der Waals surface area contributed by atoms with Gasteiger partial charge >= 0.3 is 0 Å². The predicted molar refractivity (Wildman–Crippen MR) is 140 cm³/mol. The zero-order chi connectivity index (χ0) is 27.0. The standard InChI is InChI=1S/C27H25IN2O7/c1-30(2)21-16-10-12-9-15-14(11-3-5-13(28)6-4-11)7-8-17(31)19(15)22(32)18(12)24(34)27(16,37)25(35)20(23(21)33)26(29)36/h3-8,12,16,18,20-21,31,37H,9-10H2,1-2H3,(H2,29,36)/t12-,16-,18?,20?,21-,27-/m1/s1. The Labute approximate surface area is 226 Å². The van der Waals surface area contributed by atoms with E-state index in [-0.39, 0.29) is 24.2 Å². The molecule has 9 nitrogen and oxygen atoms in total. The van der Waals surface area contributed by atoms with Crippen molar-refractivity contribution < 1.29 is 34.2 Å². The van der Waals surface area contributed by atoms with E-state index in [1.807, 2.05) is 24.3 Å². The van der Waals surface area contributed by atoms with Gasteiger partial charge in [-0.25, -0.2) is 0 Å². The van der Waals surface area contributed by atoms with Gasteiger partial charge in [0.2, 0.25) is 5.91 Å². The Kier molecular flexibility index (Phi) is 6.12. The molecule has 5 rings (SSSR count). The van der Waals surface area contributed by atoms with Crippen LogP contribution in [0.3, 0.4) is 0 Å². The van der Waals surface area contributed by atoms with Crippen molar-refractivity contribution in [1.29, 1.82) is 0 Å². The number of phenols is 1. The molecule has 0 heterocycles. The number of fused-ring (bicyclic) bond motifs is 3. The van der Waals surface area contributed by atoms with Gasteiger partial charge < -0.3 is 15.9 Å². The molecular weight excluding hydrogens is 591 g/mol. The quantitative estimate of drug-likeness (QED) is 0.343. The Morgan fingerprint density at radius 2 is 1.70 bits per heavy atom. The van der Waals surface area contributed by atoms with Crippen molar-refractivity contribution in [1.82, 2.24) is 4.90 Å². The number of aliphatic hydroxyl groups is 1. The van der Waals surface area contributed by atoms with Gasteiger partial charge in [0.1, 0.15) is 5.75 Å². The molecule has 4 N–H and O–H groups in total. The second-order valence-corrected chi connectivity index (χ2v) is 11.5. The van der Waals surface area contributed by atoms with Gasteiger partial charge in [0, 0.05) is 9.49 Å². The maximum atomic E-state index is 13.8. The van der Waals surface area contributed by atoms with Crippen molar-refractivity contribution in [2.45, 2.75) is 24.5 Å². The number of amides is 1.